The van der Waals surface area contributed by atoms with E-state index in [1.807, 2.05) is 12.1 Å². The molecule has 0 aromatic heterocycles. The van der Waals surface area contributed by atoms with Crippen molar-refractivity contribution >= 4 is 11.9 Å². The summed E-state index contributed by atoms with van der Waals surface area (Å²) in [5.74, 6) is -0.0228. The molecule has 2 aromatic rings. The van der Waals surface area contributed by atoms with Crippen molar-refractivity contribution in [2.45, 2.75) is 25.7 Å². The van der Waals surface area contributed by atoms with E-state index in [2.05, 4.69) is 13.8 Å². The fraction of sp³-hybridized carbons (Fsp3) is 0.333. The SMILES string of the molecule is COC(=O)c1ccc(C(C)(C)CCOC(=O)c2ccc(OC)cc2)cc1. The van der Waals surface area contributed by atoms with Gasteiger partial charge in [0.2, 0.25) is 0 Å². The van der Waals surface area contributed by atoms with Crippen LogP contribution in [-0.4, -0.2) is 32.8 Å². The average molecular weight is 356 g/mol. The molecule has 0 aliphatic rings. The van der Waals surface area contributed by atoms with Crippen LogP contribution in [0.3, 0.4) is 0 Å². The monoisotopic (exact) mass is 356 g/mol. The fourth-order valence-electron chi connectivity index (χ4n) is 2.53. The van der Waals surface area contributed by atoms with Gasteiger partial charge in [0.1, 0.15) is 5.75 Å². The molecule has 0 saturated carbocycles. The Kier molecular flexibility index (Phi) is 6.39. The lowest BCUT2D eigenvalue weighted by Gasteiger charge is -2.25. The minimum atomic E-state index is -0.359. The molecule has 0 aliphatic carbocycles. The van der Waals surface area contributed by atoms with E-state index in [4.69, 9.17) is 14.2 Å². The van der Waals surface area contributed by atoms with E-state index in [1.54, 1.807) is 43.5 Å². The van der Waals surface area contributed by atoms with Crippen LogP contribution < -0.4 is 4.74 Å². The van der Waals surface area contributed by atoms with Crippen LogP contribution in [0.2, 0.25) is 0 Å². The number of benzene rings is 2. The summed E-state index contributed by atoms with van der Waals surface area (Å²) in [5.41, 5.74) is 1.86. The molecule has 5 nitrogen and oxygen atoms in total. The molecule has 0 spiro atoms. The van der Waals surface area contributed by atoms with Crippen molar-refractivity contribution in [1.82, 2.24) is 0 Å². The van der Waals surface area contributed by atoms with E-state index in [1.165, 1.54) is 7.11 Å². The molecule has 0 aliphatic heterocycles. The second-order valence-corrected chi connectivity index (χ2v) is 6.57. The molecule has 2 rings (SSSR count). The highest BCUT2D eigenvalue weighted by molar-refractivity contribution is 5.89. The molecular formula is C21H24O5. The van der Waals surface area contributed by atoms with Crippen LogP contribution in [0.1, 0.15) is 46.5 Å². The predicted molar refractivity (Wildman–Crippen MR) is 98.7 cm³/mol. The summed E-state index contributed by atoms with van der Waals surface area (Å²) in [6.45, 7) is 4.44. The summed E-state index contributed by atoms with van der Waals surface area (Å²) < 4.78 is 15.2. The minimum Gasteiger partial charge on any atom is -0.497 e. The zero-order chi connectivity index (χ0) is 19.2. The van der Waals surface area contributed by atoms with Gasteiger partial charge in [-0.25, -0.2) is 9.59 Å². The van der Waals surface area contributed by atoms with Crippen molar-refractivity contribution < 1.29 is 23.8 Å². The first-order chi connectivity index (χ1) is 12.4. The summed E-state index contributed by atoms with van der Waals surface area (Å²) in [5, 5.41) is 0. The Labute approximate surface area is 153 Å². The Morgan fingerprint density at radius 3 is 1.92 bits per heavy atom. The van der Waals surface area contributed by atoms with E-state index >= 15 is 0 Å². The molecule has 0 fully saturated rings. The maximum atomic E-state index is 12.1. The molecule has 26 heavy (non-hydrogen) atoms. The summed E-state index contributed by atoms with van der Waals surface area (Å²) in [6.07, 6.45) is 0.659. The molecule has 0 heterocycles. The van der Waals surface area contributed by atoms with Gasteiger partial charge in [0.25, 0.3) is 0 Å². The lowest BCUT2D eigenvalue weighted by Crippen LogP contribution is -2.21. The van der Waals surface area contributed by atoms with Crippen molar-refractivity contribution in [2.24, 2.45) is 0 Å². The Morgan fingerprint density at radius 1 is 0.846 bits per heavy atom. The normalized spacial score (nSPS) is 10.9. The highest BCUT2D eigenvalue weighted by Gasteiger charge is 2.22. The van der Waals surface area contributed by atoms with Crippen LogP contribution in [0.15, 0.2) is 48.5 Å². The number of ether oxygens (including phenoxy) is 3. The van der Waals surface area contributed by atoms with E-state index in [0.717, 1.165) is 5.56 Å². The number of methoxy groups -OCH3 is 2. The lowest BCUT2D eigenvalue weighted by atomic mass is 9.81. The number of rotatable bonds is 7. The quantitative estimate of drug-likeness (QED) is 0.702. The Morgan fingerprint density at radius 2 is 1.38 bits per heavy atom. The molecular weight excluding hydrogens is 332 g/mol. The van der Waals surface area contributed by atoms with Gasteiger partial charge in [-0.2, -0.15) is 0 Å². The molecule has 2 aromatic carbocycles. The van der Waals surface area contributed by atoms with Gasteiger partial charge in [-0.05, 0) is 53.8 Å². The Balaban J connectivity index is 1.92. The van der Waals surface area contributed by atoms with Gasteiger partial charge in [-0.1, -0.05) is 26.0 Å². The number of hydrogen-bond donors (Lipinski definition) is 0. The van der Waals surface area contributed by atoms with Gasteiger partial charge < -0.3 is 14.2 Å². The van der Waals surface area contributed by atoms with Crippen molar-refractivity contribution in [3.05, 3.63) is 65.2 Å². The lowest BCUT2D eigenvalue weighted by molar-refractivity contribution is 0.0479. The average Bonchev–Trinajstić information content (AvgIpc) is 2.67. The summed E-state index contributed by atoms with van der Waals surface area (Å²) in [6, 6.07) is 14.1. The first-order valence-corrected chi connectivity index (χ1v) is 8.37. The zero-order valence-corrected chi connectivity index (χ0v) is 15.6. The van der Waals surface area contributed by atoms with E-state index in [-0.39, 0.29) is 17.4 Å². The number of esters is 2. The van der Waals surface area contributed by atoms with Crippen molar-refractivity contribution in [2.75, 3.05) is 20.8 Å². The largest absolute Gasteiger partial charge is 0.497 e. The fourth-order valence-corrected chi connectivity index (χ4v) is 2.53. The first kappa shape index (κ1) is 19.5. The van der Waals surface area contributed by atoms with Crippen molar-refractivity contribution in [1.29, 1.82) is 0 Å². The van der Waals surface area contributed by atoms with Gasteiger partial charge in [0.05, 0.1) is 32.0 Å². The number of hydrogen-bond acceptors (Lipinski definition) is 5. The second-order valence-electron chi connectivity index (χ2n) is 6.57. The third-order valence-electron chi connectivity index (χ3n) is 4.37. The summed E-state index contributed by atoms with van der Waals surface area (Å²) in [4.78, 5) is 23.6. The van der Waals surface area contributed by atoms with Gasteiger partial charge in [0, 0.05) is 0 Å². The molecule has 5 heteroatoms. The minimum absolute atomic E-state index is 0.200. The molecule has 0 radical (unpaired) electrons. The van der Waals surface area contributed by atoms with Crippen molar-refractivity contribution in [3.63, 3.8) is 0 Å². The van der Waals surface area contributed by atoms with Crippen LogP contribution in [0, 0.1) is 0 Å². The molecule has 0 amide bonds. The topological polar surface area (TPSA) is 61.8 Å². The molecule has 0 unspecified atom stereocenters. The van der Waals surface area contributed by atoms with Crippen molar-refractivity contribution in [3.8, 4) is 5.75 Å². The maximum Gasteiger partial charge on any atom is 0.338 e. The Hall–Kier alpha value is -2.82. The molecule has 138 valence electrons. The van der Waals surface area contributed by atoms with Crippen LogP contribution in [0.4, 0.5) is 0 Å². The molecule has 0 atom stereocenters. The van der Waals surface area contributed by atoms with Crippen LogP contribution >= 0.6 is 0 Å². The highest BCUT2D eigenvalue weighted by atomic mass is 16.5. The zero-order valence-electron chi connectivity index (χ0n) is 15.6. The number of carbonyl (C=O) groups is 2. The smallest absolute Gasteiger partial charge is 0.338 e. The number of carbonyl (C=O) groups excluding carboxylic acids is 2. The van der Waals surface area contributed by atoms with Crippen LogP contribution in [0.25, 0.3) is 0 Å². The third kappa shape index (κ3) is 4.85. The summed E-state index contributed by atoms with van der Waals surface area (Å²) in [7, 11) is 2.93. The van der Waals surface area contributed by atoms with E-state index < -0.39 is 0 Å². The van der Waals surface area contributed by atoms with Gasteiger partial charge in [-0.3, -0.25) is 0 Å². The Bertz CT molecular complexity index is 745. The van der Waals surface area contributed by atoms with Crippen LogP contribution in [-0.2, 0) is 14.9 Å². The third-order valence-corrected chi connectivity index (χ3v) is 4.37. The van der Waals surface area contributed by atoms with E-state index in [0.29, 0.717) is 29.9 Å². The second kappa shape index (κ2) is 8.52. The van der Waals surface area contributed by atoms with Gasteiger partial charge in [0.15, 0.2) is 0 Å². The molecule has 0 bridgehead atoms. The van der Waals surface area contributed by atoms with E-state index in [9.17, 15) is 9.59 Å². The predicted octanol–water partition coefficient (Wildman–Crippen LogP) is 4.01. The molecule has 0 N–H and O–H groups in total. The summed E-state index contributed by atoms with van der Waals surface area (Å²) >= 11 is 0. The highest BCUT2D eigenvalue weighted by Crippen LogP contribution is 2.27. The molecule has 0 saturated heterocycles. The maximum absolute atomic E-state index is 12.1. The first-order valence-electron chi connectivity index (χ1n) is 8.37. The van der Waals surface area contributed by atoms with Gasteiger partial charge in [-0.15, -0.1) is 0 Å². The standard InChI is InChI=1S/C21H24O5/c1-21(2,17-9-5-15(6-10-17)19(22)25-4)13-14-26-20(23)16-7-11-18(24-3)12-8-16/h5-12H,13-14H2,1-4H3. The van der Waals surface area contributed by atoms with Crippen LogP contribution in [0.5, 0.6) is 5.75 Å². The van der Waals surface area contributed by atoms with Gasteiger partial charge >= 0.3 is 11.9 Å².